The molecule has 2 amide bonds. The fourth-order valence-corrected chi connectivity index (χ4v) is 3.83. The average Bonchev–Trinajstić information content (AvgIpc) is 3.20. The van der Waals surface area contributed by atoms with E-state index in [-0.39, 0.29) is 17.4 Å². The Bertz CT molecular complexity index is 1000. The van der Waals surface area contributed by atoms with Crippen molar-refractivity contribution < 1.29 is 9.59 Å². The molecule has 126 valence electrons. The second kappa shape index (κ2) is 6.25. The number of thiophene rings is 1. The molecule has 1 aliphatic rings. The molecular formula is C18H15N3O3S. The Morgan fingerprint density at radius 3 is 2.32 bits per heavy atom. The molecule has 1 aromatic carbocycles. The van der Waals surface area contributed by atoms with Crippen LogP contribution in [-0.4, -0.2) is 32.8 Å². The van der Waals surface area contributed by atoms with Crippen molar-refractivity contribution in [1.82, 2.24) is 14.5 Å². The number of aryl methyl sites for hydroxylation is 1. The summed E-state index contributed by atoms with van der Waals surface area (Å²) in [5.41, 5.74) is 1.62. The van der Waals surface area contributed by atoms with Crippen LogP contribution < -0.4 is 5.56 Å². The summed E-state index contributed by atoms with van der Waals surface area (Å²) in [5, 5.41) is 1.85. The van der Waals surface area contributed by atoms with E-state index in [1.54, 1.807) is 35.2 Å². The molecule has 0 spiro atoms. The smallest absolute Gasteiger partial charge is 0.271 e. The van der Waals surface area contributed by atoms with Gasteiger partial charge in [-0.25, -0.2) is 4.98 Å². The van der Waals surface area contributed by atoms with Crippen molar-refractivity contribution in [2.24, 2.45) is 0 Å². The number of rotatable bonds is 5. The first kappa shape index (κ1) is 15.7. The van der Waals surface area contributed by atoms with Crippen LogP contribution in [0.15, 0.2) is 46.8 Å². The van der Waals surface area contributed by atoms with Crippen molar-refractivity contribution in [3.63, 3.8) is 0 Å². The van der Waals surface area contributed by atoms with Crippen LogP contribution in [0.25, 0.3) is 10.2 Å². The molecule has 3 heterocycles. The Morgan fingerprint density at radius 1 is 0.920 bits per heavy atom. The number of nitrogens with zero attached hydrogens (tertiary/aromatic N) is 3. The third-order valence-corrected chi connectivity index (χ3v) is 5.24. The van der Waals surface area contributed by atoms with Gasteiger partial charge in [-0.1, -0.05) is 12.1 Å². The van der Waals surface area contributed by atoms with Gasteiger partial charge in [-0.3, -0.25) is 23.9 Å². The van der Waals surface area contributed by atoms with Crippen LogP contribution in [-0.2, 0) is 6.54 Å². The van der Waals surface area contributed by atoms with E-state index in [2.05, 4.69) is 4.98 Å². The van der Waals surface area contributed by atoms with E-state index in [1.807, 2.05) is 11.4 Å². The van der Waals surface area contributed by atoms with Gasteiger partial charge in [0.2, 0.25) is 0 Å². The molecule has 0 bridgehead atoms. The van der Waals surface area contributed by atoms with E-state index < -0.39 is 0 Å². The summed E-state index contributed by atoms with van der Waals surface area (Å²) in [4.78, 5) is 42.4. The van der Waals surface area contributed by atoms with Gasteiger partial charge in [0.15, 0.2) is 0 Å². The summed E-state index contributed by atoms with van der Waals surface area (Å²) in [6.45, 7) is 0.874. The van der Waals surface area contributed by atoms with E-state index in [0.29, 0.717) is 41.8 Å². The van der Waals surface area contributed by atoms with Crippen LogP contribution in [0.3, 0.4) is 0 Å². The Kier molecular flexibility index (Phi) is 3.93. The van der Waals surface area contributed by atoms with Gasteiger partial charge >= 0.3 is 0 Å². The second-order valence-electron chi connectivity index (χ2n) is 5.89. The number of fused-ring (bicyclic) bond motifs is 2. The number of benzene rings is 1. The summed E-state index contributed by atoms with van der Waals surface area (Å²) < 4.78 is 2.24. The standard InChI is InChI=1S/C18H15N3O3S/c22-16-12-5-1-2-6-13(12)17(23)21(16)9-4-3-8-20-11-19-14-7-10-25-15(14)18(20)24/h1-2,5-7,10-11H,3-4,8-9H2. The SMILES string of the molecule is O=C1c2ccccc2C(=O)N1CCCCn1cnc2ccsc2c1=O. The number of imide groups is 1. The summed E-state index contributed by atoms with van der Waals surface area (Å²) in [7, 11) is 0. The largest absolute Gasteiger partial charge is 0.298 e. The molecule has 0 unspecified atom stereocenters. The number of carbonyl (C=O) groups excluding carboxylic acids is 2. The van der Waals surface area contributed by atoms with Gasteiger partial charge in [0.05, 0.1) is 23.0 Å². The van der Waals surface area contributed by atoms with Gasteiger partial charge in [-0.2, -0.15) is 0 Å². The number of unbranched alkanes of at least 4 members (excludes halogenated alkanes) is 1. The van der Waals surface area contributed by atoms with E-state index >= 15 is 0 Å². The van der Waals surface area contributed by atoms with Crippen LogP contribution in [0, 0.1) is 0 Å². The molecule has 1 aliphatic heterocycles. The van der Waals surface area contributed by atoms with E-state index in [4.69, 9.17) is 0 Å². The lowest BCUT2D eigenvalue weighted by atomic mass is 10.1. The van der Waals surface area contributed by atoms with Crippen molar-refractivity contribution in [2.45, 2.75) is 19.4 Å². The van der Waals surface area contributed by atoms with Crippen molar-refractivity contribution in [2.75, 3.05) is 6.54 Å². The highest BCUT2D eigenvalue weighted by Gasteiger charge is 2.34. The Balaban J connectivity index is 1.38. The van der Waals surface area contributed by atoms with Crippen molar-refractivity contribution in [3.8, 4) is 0 Å². The zero-order valence-electron chi connectivity index (χ0n) is 13.3. The van der Waals surface area contributed by atoms with Crippen LogP contribution in [0.4, 0.5) is 0 Å². The van der Waals surface area contributed by atoms with Gasteiger partial charge in [-0.05, 0) is 36.4 Å². The predicted octanol–water partition coefficient (Wildman–Crippen LogP) is 2.53. The van der Waals surface area contributed by atoms with Crippen LogP contribution >= 0.6 is 11.3 Å². The minimum absolute atomic E-state index is 0.0410. The number of carbonyl (C=O) groups is 2. The zero-order chi connectivity index (χ0) is 17.4. The lowest BCUT2D eigenvalue weighted by molar-refractivity contribution is 0.0651. The molecule has 3 aromatic rings. The van der Waals surface area contributed by atoms with Gasteiger partial charge < -0.3 is 0 Å². The van der Waals surface area contributed by atoms with Gasteiger partial charge in [-0.15, -0.1) is 11.3 Å². The molecule has 0 saturated carbocycles. The molecule has 4 rings (SSSR count). The normalized spacial score (nSPS) is 13.7. The first-order valence-corrected chi connectivity index (χ1v) is 8.92. The monoisotopic (exact) mass is 353 g/mol. The molecule has 0 atom stereocenters. The van der Waals surface area contributed by atoms with Crippen molar-refractivity contribution in [3.05, 3.63) is 63.5 Å². The van der Waals surface area contributed by atoms with Crippen LogP contribution in [0.2, 0.25) is 0 Å². The minimum atomic E-state index is -0.237. The molecule has 6 nitrogen and oxygen atoms in total. The molecule has 0 aliphatic carbocycles. The summed E-state index contributed by atoms with van der Waals surface area (Å²) in [6, 6.07) is 8.70. The Hall–Kier alpha value is -2.80. The van der Waals surface area contributed by atoms with E-state index in [1.165, 1.54) is 16.2 Å². The number of hydrogen-bond donors (Lipinski definition) is 0. The summed E-state index contributed by atoms with van der Waals surface area (Å²) >= 11 is 1.39. The molecule has 0 N–H and O–H groups in total. The lowest BCUT2D eigenvalue weighted by Gasteiger charge is -2.13. The minimum Gasteiger partial charge on any atom is -0.298 e. The van der Waals surface area contributed by atoms with Gasteiger partial charge in [0.1, 0.15) is 4.70 Å². The molecule has 0 radical (unpaired) electrons. The number of hydrogen-bond acceptors (Lipinski definition) is 5. The first-order chi connectivity index (χ1) is 12.2. The Morgan fingerprint density at radius 2 is 1.60 bits per heavy atom. The topological polar surface area (TPSA) is 72.3 Å². The van der Waals surface area contributed by atoms with Crippen LogP contribution in [0.1, 0.15) is 33.6 Å². The lowest BCUT2D eigenvalue weighted by Crippen LogP contribution is -2.31. The molecule has 7 heteroatoms. The second-order valence-corrected chi connectivity index (χ2v) is 6.81. The van der Waals surface area contributed by atoms with Gasteiger partial charge in [0.25, 0.3) is 17.4 Å². The van der Waals surface area contributed by atoms with Gasteiger partial charge in [0, 0.05) is 13.1 Å². The third kappa shape index (κ3) is 2.66. The maximum absolute atomic E-state index is 12.3. The predicted molar refractivity (Wildman–Crippen MR) is 94.9 cm³/mol. The molecule has 25 heavy (non-hydrogen) atoms. The molecule has 0 fully saturated rings. The highest BCUT2D eigenvalue weighted by molar-refractivity contribution is 7.17. The quantitative estimate of drug-likeness (QED) is 0.522. The van der Waals surface area contributed by atoms with E-state index in [9.17, 15) is 14.4 Å². The zero-order valence-corrected chi connectivity index (χ0v) is 14.2. The third-order valence-electron chi connectivity index (χ3n) is 4.34. The summed E-state index contributed by atoms with van der Waals surface area (Å²) in [6.07, 6.45) is 2.88. The highest BCUT2D eigenvalue weighted by Crippen LogP contribution is 2.22. The maximum atomic E-state index is 12.3. The molecule has 2 aromatic heterocycles. The average molecular weight is 353 g/mol. The van der Waals surface area contributed by atoms with Crippen molar-refractivity contribution in [1.29, 1.82) is 0 Å². The number of aromatic nitrogens is 2. The first-order valence-electron chi connectivity index (χ1n) is 8.04. The van der Waals surface area contributed by atoms with Crippen LogP contribution in [0.5, 0.6) is 0 Å². The maximum Gasteiger partial charge on any atom is 0.271 e. The van der Waals surface area contributed by atoms with Crippen molar-refractivity contribution >= 4 is 33.4 Å². The molecular weight excluding hydrogens is 338 g/mol. The Labute approximate surface area is 147 Å². The molecule has 0 saturated heterocycles. The van der Waals surface area contributed by atoms with E-state index in [0.717, 1.165) is 5.52 Å². The fraction of sp³-hybridized carbons (Fsp3) is 0.222. The fourth-order valence-electron chi connectivity index (χ4n) is 3.03. The highest BCUT2D eigenvalue weighted by atomic mass is 32.1. The number of amides is 2. The summed E-state index contributed by atoms with van der Waals surface area (Å²) in [5.74, 6) is -0.473.